The van der Waals surface area contributed by atoms with Gasteiger partial charge in [0.05, 0.1) is 0 Å². The van der Waals surface area contributed by atoms with Gasteiger partial charge in [0.2, 0.25) is 5.91 Å². The van der Waals surface area contributed by atoms with Crippen LogP contribution in [0.5, 0.6) is 0 Å². The number of aliphatic hydroxyl groups is 1. The van der Waals surface area contributed by atoms with Crippen LogP contribution in [0, 0.1) is 0 Å². The Bertz CT molecular complexity index is 181. The largest absolute Gasteiger partial charge is 0.480 e. The average Bonchev–Trinajstić information content (AvgIpc) is 2.11. The second-order valence-corrected chi connectivity index (χ2v) is 2.68. The first-order valence-electron chi connectivity index (χ1n) is 4.24. The molecule has 0 saturated carbocycles. The van der Waals surface area contributed by atoms with E-state index >= 15 is 0 Å². The molecule has 0 aromatic heterocycles. The number of carbonyl (C=O) groups is 2. The molecule has 0 radical (unpaired) electrons. The summed E-state index contributed by atoms with van der Waals surface area (Å²) in [6.45, 7) is 1.59. The fourth-order valence-electron chi connectivity index (χ4n) is 0.849. The van der Waals surface area contributed by atoms with Crippen molar-refractivity contribution in [1.29, 1.82) is 0 Å². The number of hydrogen-bond acceptors (Lipinski definition) is 3. The Morgan fingerprint density at radius 3 is 2.46 bits per heavy atom. The summed E-state index contributed by atoms with van der Waals surface area (Å²) >= 11 is 0. The van der Waals surface area contributed by atoms with Gasteiger partial charge in [-0.1, -0.05) is 6.92 Å². The Morgan fingerprint density at radius 1 is 1.46 bits per heavy atom. The van der Waals surface area contributed by atoms with Crippen LogP contribution in [-0.2, 0) is 9.59 Å². The first-order valence-corrected chi connectivity index (χ1v) is 4.24. The molecule has 0 aromatic carbocycles. The quantitative estimate of drug-likeness (QED) is 0.537. The van der Waals surface area contributed by atoms with E-state index in [-0.39, 0.29) is 25.4 Å². The van der Waals surface area contributed by atoms with Gasteiger partial charge in [-0.05, 0) is 12.8 Å². The van der Waals surface area contributed by atoms with Crippen LogP contribution in [0.1, 0.15) is 26.2 Å². The molecule has 0 fully saturated rings. The van der Waals surface area contributed by atoms with E-state index in [0.717, 1.165) is 0 Å². The maximum atomic E-state index is 10.9. The van der Waals surface area contributed by atoms with E-state index in [9.17, 15) is 9.59 Å². The average molecular weight is 189 g/mol. The molecule has 1 unspecified atom stereocenters. The first kappa shape index (κ1) is 11.9. The fraction of sp³-hybridized carbons (Fsp3) is 0.750. The van der Waals surface area contributed by atoms with Crippen molar-refractivity contribution in [2.75, 3.05) is 6.61 Å². The second-order valence-electron chi connectivity index (χ2n) is 2.68. The summed E-state index contributed by atoms with van der Waals surface area (Å²) in [6, 6.07) is -0.875. The molecule has 0 heterocycles. The molecule has 3 N–H and O–H groups in total. The summed E-state index contributed by atoms with van der Waals surface area (Å²) in [4.78, 5) is 21.4. The van der Waals surface area contributed by atoms with E-state index in [1.165, 1.54) is 0 Å². The maximum Gasteiger partial charge on any atom is 0.326 e. The van der Waals surface area contributed by atoms with E-state index < -0.39 is 12.0 Å². The van der Waals surface area contributed by atoms with Crippen molar-refractivity contribution in [3.05, 3.63) is 0 Å². The molecule has 0 spiro atoms. The first-order chi connectivity index (χ1) is 6.11. The van der Waals surface area contributed by atoms with Crippen LogP contribution >= 0.6 is 0 Å². The van der Waals surface area contributed by atoms with Crippen molar-refractivity contribution in [2.24, 2.45) is 0 Å². The highest BCUT2D eigenvalue weighted by Crippen LogP contribution is 1.97. The Hall–Kier alpha value is -1.10. The predicted octanol–water partition coefficient (Wildman–Crippen LogP) is -0.262. The van der Waals surface area contributed by atoms with E-state index in [1.807, 2.05) is 0 Å². The number of carboxylic acid groups (broad SMARTS) is 1. The van der Waals surface area contributed by atoms with Crippen molar-refractivity contribution in [2.45, 2.75) is 32.2 Å². The SMILES string of the molecule is CCC(=O)NC(CCCO)C(=O)O. The molecule has 1 amide bonds. The molecule has 5 nitrogen and oxygen atoms in total. The molecule has 1 atom stereocenters. The Labute approximate surface area is 76.8 Å². The molecule has 0 aliphatic heterocycles. The third-order valence-electron chi connectivity index (χ3n) is 1.61. The fourth-order valence-corrected chi connectivity index (χ4v) is 0.849. The lowest BCUT2D eigenvalue weighted by atomic mass is 10.1. The standard InChI is InChI=1S/C8H15NO4/c1-2-7(11)9-6(8(12)13)4-3-5-10/h6,10H,2-5H2,1H3,(H,9,11)(H,12,13). The van der Waals surface area contributed by atoms with Crippen molar-refractivity contribution in [3.8, 4) is 0 Å². The van der Waals surface area contributed by atoms with Gasteiger partial charge >= 0.3 is 5.97 Å². The lowest BCUT2D eigenvalue weighted by molar-refractivity contribution is -0.142. The normalized spacial score (nSPS) is 12.2. The highest BCUT2D eigenvalue weighted by Gasteiger charge is 2.17. The minimum absolute atomic E-state index is 0.0637. The molecule has 0 aromatic rings. The monoisotopic (exact) mass is 189 g/mol. The summed E-state index contributed by atoms with van der Waals surface area (Å²) in [7, 11) is 0. The van der Waals surface area contributed by atoms with Crippen molar-refractivity contribution >= 4 is 11.9 Å². The molecule has 13 heavy (non-hydrogen) atoms. The zero-order chi connectivity index (χ0) is 10.3. The molecule has 0 bridgehead atoms. The van der Waals surface area contributed by atoms with Gasteiger partial charge in [0, 0.05) is 13.0 Å². The number of amides is 1. The van der Waals surface area contributed by atoms with Crippen molar-refractivity contribution in [3.63, 3.8) is 0 Å². The highest BCUT2D eigenvalue weighted by atomic mass is 16.4. The van der Waals surface area contributed by atoms with Gasteiger partial charge in [-0.2, -0.15) is 0 Å². The van der Waals surface area contributed by atoms with Crippen LogP contribution in [0.4, 0.5) is 0 Å². The van der Waals surface area contributed by atoms with Crippen molar-refractivity contribution in [1.82, 2.24) is 5.32 Å². The smallest absolute Gasteiger partial charge is 0.326 e. The summed E-state index contributed by atoms with van der Waals surface area (Å²) in [6.07, 6.45) is 0.904. The number of carbonyl (C=O) groups excluding carboxylic acids is 1. The lowest BCUT2D eigenvalue weighted by Crippen LogP contribution is -2.40. The van der Waals surface area contributed by atoms with E-state index in [2.05, 4.69) is 5.32 Å². The number of aliphatic carboxylic acids is 1. The Balaban J connectivity index is 3.94. The van der Waals surface area contributed by atoms with Crippen LogP contribution in [0.25, 0.3) is 0 Å². The molecular formula is C8H15NO4. The number of hydrogen-bond donors (Lipinski definition) is 3. The van der Waals surface area contributed by atoms with Gasteiger partial charge in [-0.3, -0.25) is 4.79 Å². The van der Waals surface area contributed by atoms with Gasteiger partial charge in [0.25, 0.3) is 0 Å². The third kappa shape index (κ3) is 5.19. The van der Waals surface area contributed by atoms with E-state index in [4.69, 9.17) is 10.2 Å². The van der Waals surface area contributed by atoms with Crippen LogP contribution in [-0.4, -0.2) is 34.7 Å². The van der Waals surface area contributed by atoms with Crippen LogP contribution < -0.4 is 5.32 Å². The number of rotatable bonds is 6. The maximum absolute atomic E-state index is 10.9. The van der Waals surface area contributed by atoms with Gasteiger partial charge in [0.1, 0.15) is 6.04 Å². The summed E-state index contributed by atoms with van der Waals surface area (Å²) in [5.41, 5.74) is 0. The van der Waals surface area contributed by atoms with E-state index in [0.29, 0.717) is 6.42 Å². The van der Waals surface area contributed by atoms with Gasteiger partial charge in [-0.15, -0.1) is 0 Å². The molecule has 76 valence electrons. The lowest BCUT2D eigenvalue weighted by Gasteiger charge is -2.12. The van der Waals surface area contributed by atoms with Gasteiger partial charge in [-0.25, -0.2) is 4.79 Å². The minimum Gasteiger partial charge on any atom is -0.480 e. The van der Waals surface area contributed by atoms with Crippen LogP contribution in [0.15, 0.2) is 0 Å². The zero-order valence-electron chi connectivity index (χ0n) is 7.62. The van der Waals surface area contributed by atoms with Crippen molar-refractivity contribution < 1.29 is 19.8 Å². The predicted molar refractivity (Wildman–Crippen MR) is 46.2 cm³/mol. The van der Waals surface area contributed by atoms with E-state index in [1.54, 1.807) is 6.92 Å². The Morgan fingerprint density at radius 2 is 2.08 bits per heavy atom. The molecule has 0 aliphatic rings. The van der Waals surface area contributed by atoms with Gasteiger partial charge in [0.15, 0.2) is 0 Å². The summed E-state index contributed by atoms with van der Waals surface area (Å²) in [5, 5.41) is 19.5. The molecule has 0 saturated heterocycles. The molecular weight excluding hydrogens is 174 g/mol. The highest BCUT2D eigenvalue weighted by molar-refractivity contribution is 5.83. The summed E-state index contributed by atoms with van der Waals surface area (Å²) < 4.78 is 0. The van der Waals surface area contributed by atoms with Gasteiger partial charge < -0.3 is 15.5 Å². The molecule has 0 rings (SSSR count). The van der Waals surface area contributed by atoms with Crippen LogP contribution in [0.2, 0.25) is 0 Å². The zero-order valence-corrected chi connectivity index (χ0v) is 7.62. The Kier molecular flexibility index (Phi) is 5.88. The number of aliphatic hydroxyl groups excluding tert-OH is 1. The minimum atomic E-state index is -1.06. The molecule has 5 heteroatoms. The second kappa shape index (κ2) is 6.42. The number of carboxylic acids is 1. The summed E-state index contributed by atoms with van der Waals surface area (Å²) in [5.74, 6) is -1.35. The topological polar surface area (TPSA) is 86.6 Å². The third-order valence-corrected chi connectivity index (χ3v) is 1.61. The van der Waals surface area contributed by atoms with Crippen LogP contribution in [0.3, 0.4) is 0 Å². The molecule has 0 aliphatic carbocycles. The number of nitrogens with one attached hydrogen (secondary N) is 1.